The first-order valence-electron chi connectivity index (χ1n) is 9.11. The monoisotopic (exact) mass is 434 g/mol. The number of aliphatic carboxylic acids is 2. The normalized spacial score (nSPS) is 15.0. The van der Waals surface area contributed by atoms with E-state index in [1.807, 2.05) is 13.8 Å². The van der Waals surface area contributed by atoms with Gasteiger partial charge in [0.25, 0.3) is 0 Å². The van der Waals surface area contributed by atoms with Gasteiger partial charge in [-0.3, -0.25) is 19.2 Å². The first-order valence-corrected chi connectivity index (χ1v) is 9.74. The van der Waals surface area contributed by atoms with Crippen molar-refractivity contribution in [1.29, 1.82) is 0 Å². The van der Waals surface area contributed by atoms with E-state index in [0.717, 1.165) is 0 Å². The largest absolute Gasteiger partial charge is 0.481 e. The van der Waals surface area contributed by atoms with Crippen LogP contribution in [-0.2, 0) is 24.0 Å². The molecule has 0 saturated carbocycles. The highest BCUT2D eigenvalue weighted by Crippen LogP contribution is 2.07. The Kier molecular flexibility index (Phi) is 11.9. The van der Waals surface area contributed by atoms with Crippen LogP contribution >= 0.6 is 12.6 Å². The maximum atomic E-state index is 12.6. The van der Waals surface area contributed by atoms with Crippen molar-refractivity contribution in [3.8, 4) is 0 Å². The highest BCUT2D eigenvalue weighted by molar-refractivity contribution is 7.80. The predicted octanol–water partition coefficient (Wildman–Crippen LogP) is -1.29. The highest BCUT2D eigenvalue weighted by Gasteiger charge is 2.29. The molecule has 3 amide bonds. The zero-order chi connectivity index (χ0) is 22.7. The molecule has 4 unspecified atom stereocenters. The van der Waals surface area contributed by atoms with Crippen molar-refractivity contribution in [1.82, 2.24) is 16.0 Å². The van der Waals surface area contributed by atoms with Crippen molar-refractivity contribution in [2.45, 2.75) is 64.2 Å². The van der Waals surface area contributed by atoms with Gasteiger partial charge in [-0.25, -0.2) is 4.79 Å². The molecule has 0 rings (SSSR count). The van der Waals surface area contributed by atoms with Gasteiger partial charge in [0.2, 0.25) is 17.7 Å². The smallest absolute Gasteiger partial charge is 0.326 e. The number of amides is 3. The molecule has 29 heavy (non-hydrogen) atoms. The Bertz CT molecular complexity index is 613. The van der Waals surface area contributed by atoms with E-state index in [4.69, 9.17) is 15.9 Å². The van der Waals surface area contributed by atoms with Crippen LogP contribution in [0.1, 0.15) is 40.0 Å². The van der Waals surface area contributed by atoms with Gasteiger partial charge in [-0.2, -0.15) is 12.6 Å². The van der Waals surface area contributed by atoms with Gasteiger partial charge in [0, 0.05) is 12.2 Å². The molecule has 0 aliphatic carbocycles. The second kappa shape index (κ2) is 13.0. The van der Waals surface area contributed by atoms with Gasteiger partial charge in [0.1, 0.15) is 18.1 Å². The molecule has 0 aromatic carbocycles. The third-order valence-corrected chi connectivity index (χ3v) is 4.20. The maximum absolute atomic E-state index is 12.6. The van der Waals surface area contributed by atoms with Crippen LogP contribution in [0, 0.1) is 5.92 Å². The van der Waals surface area contributed by atoms with Crippen molar-refractivity contribution in [3.63, 3.8) is 0 Å². The minimum atomic E-state index is -1.43. The van der Waals surface area contributed by atoms with E-state index in [0.29, 0.717) is 6.42 Å². The lowest BCUT2D eigenvalue weighted by atomic mass is 10.0. The fourth-order valence-electron chi connectivity index (χ4n) is 2.27. The SMILES string of the molecule is CC(C)CC(NC(=O)C(C)N)C(=O)NC(CS)C(=O)NC(CCC(=O)O)C(=O)O. The number of carbonyl (C=O) groups is 5. The average Bonchev–Trinajstić information content (AvgIpc) is 2.60. The van der Waals surface area contributed by atoms with Gasteiger partial charge in [0.15, 0.2) is 0 Å². The summed E-state index contributed by atoms with van der Waals surface area (Å²) >= 11 is 4.01. The number of hydrogen-bond acceptors (Lipinski definition) is 7. The van der Waals surface area contributed by atoms with Crippen LogP contribution < -0.4 is 21.7 Å². The lowest BCUT2D eigenvalue weighted by molar-refractivity contribution is -0.143. The summed E-state index contributed by atoms with van der Waals surface area (Å²) in [5.74, 6) is -4.69. The van der Waals surface area contributed by atoms with Crippen LogP contribution in [-0.4, -0.2) is 69.8 Å². The number of nitrogens with one attached hydrogen (secondary N) is 3. The van der Waals surface area contributed by atoms with Gasteiger partial charge < -0.3 is 31.9 Å². The topological polar surface area (TPSA) is 188 Å². The second-order valence-corrected chi connectivity index (χ2v) is 7.42. The lowest BCUT2D eigenvalue weighted by Gasteiger charge is -2.25. The Balaban J connectivity index is 5.14. The first kappa shape index (κ1) is 26.7. The number of carboxylic acid groups (broad SMARTS) is 2. The van der Waals surface area contributed by atoms with Crippen molar-refractivity contribution >= 4 is 42.3 Å². The molecular formula is C17H30N4O7S. The number of carboxylic acids is 2. The molecule has 0 aliphatic heterocycles. The van der Waals surface area contributed by atoms with Crippen LogP contribution in [0.5, 0.6) is 0 Å². The molecule has 7 N–H and O–H groups in total. The molecule has 0 spiro atoms. The molecule has 11 nitrogen and oxygen atoms in total. The van der Waals surface area contributed by atoms with Crippen molar-refractivity contribution in [2.24, 2.45) is 11.7 Å². The quantitative estimate of drug-likeness (QED) is 0.174. The number of rotatable bonds is 13. The minimum absolute atomic E-state index is 0.0508. The number of carbonyl (C=O) groups excluding carboxylic acids is 3. The fraction of sp³-hybridized carbons (Fsp3) is 0.706. The van der Waals surface area contributed by atoms with E-state index >= 15 is 0 Å². The van der Waals surface area contributed by atoms with Crippen molar-refractivity contribution in [3.05, 3.63) is 0 Å². The molecule has 4 atom stereocenters. The molecule has 0 radical (unpaired) electrons. The van der Waals surface area contributed by atoms with Gasteiger partial charge in [0.05, 0.1) is 6.04 Å². The van der Waals surface area contributed by atoms with Crippen LogP contribution in [0.2, 0.25) is 0 Å². The zero-order valence-corrected chi connectivity index (χ0v) is 17.6. The van der Waals surface area contributed by atoms with E-state index in [2.05, 4.69) is 28.6 Å². The predicted molar refractivity (Wildman–Crippen MR) is 107 cm³/mol. The van der Waals surface area contributed by atoms with Gasteiger partial charge in [-0.05, 0) is 25.7 Å². The summed E-state index contributed by atoms with van der Waals surface area (Å²) in [7, 11) is 0. The summed E-state index contributed by atoms with van der Waals surface area (Å²) in [6.07, 6.45) is -0.472. The Hall–Kier alpha value is -2.34. The van der Waals surface area contributed by atoms with Crippen molar-refractivity contribution < 1.29 is 34.2 Å². The molecule has 166 valence electrons. The Labute approximate surface area is 174 Å². The molecule has 0 heterocycles. The van der Waals surface area contributed by atoms with Gasteiger partial charge in [-0.1, -0.05) is 13.8 Å². The van der Waals surface area contributed by atoms with Gasteiger partial charge in [-0.15, -0.1) is 0 Å². The number of thiol groups is 1. The maximum Gasteiger partial charge on any atom is 0.326 e. The highest BCUT2D eigenvalue weighted by atomic mass is 32.1. The van der Waals surface area contributed by atoms with Crippen molar-refractivity contribution in [2.75, 3.05) is 5.75 Å². The lowest BCUT2D eigenvalue weighted by Crippen LogP contribution is -2.57. The van der Waals surface area contributed by atoms with E-state index in [-0.39, 0.29) is 18.1 Å². The van der Waals surface area contributed by atoms with Crippen LogP contribution in [0.25, 0.3) is 0 Å². The van der Waals surface area contributed by atoms with E-state index < -0.39 is 60.2 Å². The van der Waals surface area contributed by atoms with Crippen LogP contribution in [0.4, 0.5) is 0 Å². The first-order chi connectivity index (χ1) is 13.4. The second-order valence-electron chi connectivity index (χ2n) is 7.05. The molecule has 0 aromatic heterocycles. The molecule has 0 aromatic rings. The molecule has 0 bridgehead atoms. The summed E-state index contributed by atoms with van der Waals surface area (Å²) in [6, 6.07) is -4.38. The number of hydrogen-bond donors (Lipinski definition) is 7. The van der Waals surface area contributed by atoms with E-state index in [1.165, 1.54) is 6.92 Å². The van der Waals surface area contributed by atoms with E-state index in [9.17, 15) is 24.0 Å². The summed E-state index contributed by atoms with van der Waals surface area (Å²) < 4.78 is 0. The molecule has 0 saturated heterocycles. The molecule has 0 fully saturated rings. The standard InChI is InChI=1S/C17H30N4O7S/c1-8(2)6-11(20-14(24)9(3)18)15(25)21-12(7-29)16(26)19-10(17(27)28)4-5-13(22)23/h8-12,29H,4-7,18H2,1-3H3,(H,19,26)(H,20,24)(H,21,25)(H,22,23)(H,27,28). The summed E-state index contributed by atoms with van der Waals surface area (Å²) in [4.78, 5) is 58.6. The fourth-order valence-corrected chi connectivity index (χ4v) is 2.53. The van der Waals surface area contributed by atoms with E-state index in [1.54, 1.807) is 0 Å². The summed E-state index contributed by atoms with van der Waals surface area (Å²) in [5, 5.41) is 25.0. The zero-order valence-electron chi connectivity index (χ0n) is 16.7. The molecule has 12 heteroatoms. The number of nitrogens with two attached hydrogens (primary N) is 1. The van der Waals surface area contributed by atoms with Crippen LogP contribution in [0.15, 0.2) is 0 Å². The van der Waals surface area contributed by atoms with Crippen LogP contribution in [0.3, 0.4) is 0 Å². The molecule has 0 aliphatic rings. The van der Waals surface area contributed by atoms with Gasteiger partial charge >= 0.3 is 11.9 Å². The minimum Gasteiger partial charge on any atom is -0.481 e. The Morgan fingerprint density at radius 3 is 1.76 bits per heavy atom. The average molecular weight is 435 g/mol. The third-order valence-electron chi connectivity index (χ3n) is 3.83. The summed E-state index contributed by atoms with van der Waals surface area (Å²) in [6.45, 7) is 5.16. The summed E-state index contributed by atoms with van der Waals surface area (Å²) in [5.41, 5.74) is 5.51. The Morgan fingerprint density at radius 2 is 1.34 bits per heavy atom. The Morgan fingerprint density at radius 1 is 0.862 bits per heavy atom. The third kappa shape index (κ3) is 10.7. The molecular weight excluding hydrogens is 404 g/mol.